The van der Waals surface area contributed by atoms with E-state index in [1.54, 1.807) is 11.1 Å². The van der Waals surface area contributed by atoms with Gasteiger partial charge in [0.2, 0.25) is 0 Å². The Bertz CT molecular complexity index is 2740. The molecule has 4 saturated carbocycles. The van der Waals surface area contributed by atoms with E-state index in [0.29, 0.717) is 0 Å². The highest BCUT2D eigenvalue weighted by atomic mass is 15.1. The molecule has 1 heteroatoms. The van der Waals surface area contributed by atoms with Gasteiger partial charge in [-0.25, -0.2) is 0 Å². The predicted octanol–water partition coefficient (Wildman–Crippen LogP) is 14.5. The zero-order valence-corrected chi connectivity index (χ0v) is 31.0. The lowest BCUT2D eigenvalue weighted by Crippen LogP contribution is -2.55. The number of anilines is 3. The lowest BCUT2D eigenvalue weighted by Gasteiger charge is -2.61. The fourth-order valence-corrected chi connectivity index (χ4v) is 12.1. The number of benzene rings is 8. The second-order valence-corrected chi connectivity index (χ2v) is 17.0. The van der Waals surface area contributed by atoms with E-state index in [2.05, 4.69) is 181 Å². The van der Waals surface area contributed by atoms with Crippen LogP contribution in [-0.4, -0.2) is 0 Å². The van der Waals surface area contributed by atoms with Gasteiger partial charge < -0.3 is 4.90 Å². The maximum atomic E-state index is 2.54. The first-order chi connectivity index (χ1) is 27.2. The number of fused-ring (bicyclic) bond motifs is 5. The summed E-state index contributed by atoms with van der Waals surface area (Å²) in [5.74, 6) is 3.49. The summed E-state index contributed by atoms with van der Waals surface area (Å²) < 4.78 is 0. The summed E-state index contributed by atoms with van der Waals surface area (Å²) in [5, 5.41) is 5.01. The molecule has 0 amide bonds. The van der Waals surface area contributed by atoms with Gasteiger partial charge in [-0.05, 0) is 159 Å². The summed E-state index contributed by atoms with van der Waals surface area (Å²) in [6.07, 6.45) is 7.17. The van der Waals surface area contributed by atoms with Crippen molar-refractivity contribution in [2.24, 2.45) is 23.7 Å². The van der Waals surface area contributed by atoms with Gasteiger partial charge in [0.15, 0.2) is 0 Å². The third-order valence-electron chi connectivity index (χ3n) is 14.2. The molecule has 8 aromatic rings. The van der Waals surface area contributed by atoms with Crippen molar-refractivity contribution in [3.8, 4) is 33.4 Å². The molecule has 8 aromatic carbocycles. The molecule has 0 aromatic heterocycles. The van der Waals surface area contributed by atoms with E-state index in [0.717, 1.165) is 35.0 Å². The fraction of sp³-hybridized carbons (Fsp3) is 0.185. The summed E-state index contributed by atoms with van der Waals surface area (Å²) in [4.78, 5) is 2.42. The molecule has 264 valence electrons. The van der Waals surface area contributed by atoms with Gasteiger partial charge in [0.25, 0.3) is 0 Å². The normalized spacial score (nSPS) is 23.0. The third kappa shape index (κ3) is 4.72. The highest BCUT2D eigenvalue weighted by Crippen LogP contribution is 2.69. The van der Waals surface area contributed by atoms with Gasteiger partial charge >= 0.3 is 0 Å². The van der Waals surface area contributed by atoms with Crippen LogP contribution in [0.4, 0.5) is 17.1 Å². The molecule has 0 saturated heterocycles. The zero-order valence-electron chi connectivity index (χ0n) is 31.0. The molecule has 0 N–H and O–H groups in total. The van der Waals surface area contributed by atoms with Crippen LogP contribution in [0.2, 0.25) is 0 Å². The van der Waals surface area contributed by atoms with Crippen molar-refractivity contribution < 1.29 is 0 Å². The van der Waals surface area contributed by atoms with Crippen molar-refractivity contribution in [3.63, 3.8) is 0 Å². The summed E-state index contributed by atoms with van der Waals surface area (Å²) in [7, 11) is 0. The minimum absolute atomic E-state index is 0.213. The molecule has 0 heterocycles. The van der Waals surface area contributed by atoms with Crippen LogP contribution in [-0.2, 0) is 5.41 Å². The predicted molar refractivity (Wildman–Crippen MR) is 230 cm³/mol. The zero-order chi connectivity index (χ0) is 36.1. The minimum atomic E-state index is 0.213. The van der Waals surface area contributed by atoms with Gasteiger partial charge in [0, 0.05) is 22.2 Å². The molecule has 5 aliphatic carbocycles. The Kier molecular flexibility index (Phi) is 6.88. The van der Waals surface area contributed by atoms with Gasteiger partial charge in [0.05, 0.1) is 5.69 Å². The van der Waals surface area contributed by atoms with Crippen LogP contribution in [0.3, 0.4) is 0 Å². The van der Waals surface area contributed by atoms with Crippen LogP contribution in [0.1, 0.15) is 43.2 Å². The highest BCUT2D eigenvalue weighted by molar-refractivity contribution is 5.99. The Morgan fingerprint density at radius 3 is 1.65 bits per heavy atom. The van der Waals surface area contributed by atoms with Gasteiger partial charge in [-0.2, -0.15) is 0 Å². The molecular weight excluding hydrogens is 663 g/mol. The molecule has 0 aliphatic heterocycles. The molecule has 1 nitrogen and oxygen atoms in total. The van der Waals surface area contributed by atoms with E-state index in [4.69, 9.17) is 0 Å². The number of rotatable bonds is 5. The number of nitrogens with zero attached hydrogens (tertiary/aromatic N) is 1. The molecule has 0 atom stereocenters. The number of hydrogen-bond donors (Lipinski definition) is 0. The Balaban J connectivity index is 0.932. The topological polar surface area (TPSA) is 3.24 Å². The average molecular weight is 706 g/mol. The smallest absolute Gasteiger partial charge is 0.0540 e. The summed E-state index contributed by atoms with van der Waals surface area (Å²) >= 11 is 0. The molecule has 0 radical (unpaired) electrons. The molecule has 4 fully saturated rings. The molecule has 13 rings (SSSR count). The standard InChI is InChI=1S/C54H43N/c1-2-10-41-33-42(17-16-37(41)8-1)38-18-23-46(24-19-38)55(53-15-7-11-40-9-3-4-12-48(40)53)47-25-20-39(21-26-47)43-22-27-52-50(34-43)49-13-5-6-14-51(49)54(52)44-29-35-28-36(31-44)32-45(54)30-35/h1-27,33-36,44-45H,28-32H2. The van der Waals surface area contributed by atoms with Crippen molar-refractivity contribution in [1.29, 1.82) is 0 Å². The maximum Gasteiger partial charge on any atom is 0.0540 e. The SMILES string of the molecule is c1ccc2c(c1)-c1cc(-c3ccc(N(c4ccc(-c5ccc6ccccc6c5)cc4)c4cccc5ccccc45)cc3)ccc1C21C2CC3CC(C2)CC1C3. The Morgan fingerprint density at radius 1 is 0.382 bits per heavy atom. The van der Waals surface area contributed by atoms with Crippen molar-refractivity contribution in [2.75, 3.05) is 4.90 Å². The van der Waals surface area contributed by atoms with E-state index in [1.165, 1.54) is 92.7 Å². The van der Waals surface area contributed by atoms with Crippen LogP contribution in [0.5, 0.6) is 0 Å². The average Bonchev–Trinajstić information content (AvgIpc) is 3.53. The summed E-state index contributed by atoms with van der Waals surface area (Å²) in [6.45, 7) is 0. The van der Waals surface area contributed by atoms with Gasteiger partial charge in [0.1, 0.15) is 0 Å². The minimum Gasteiger partial charge on any atom is -0.310 e. The van der Waals surface area contributed by atoms with Crippen molar-refractivity contribution in [2.45, 2.75) is 37.5 Å². The second-order valence-electron chi connectivity index (χ2n) is 17.0. The Labute approximate surface area is 323 Å². The van der Waals surface area contributed by atoms with Crippen LogP contribution >= 0.6 is 0 Å². The highest BCUT2D eigenvalue weighted by Gasteiger charge is 2.61. The molecule has 1 spiro atoms. The van der Waals surface area contributed by atoms with Crippen LogP contribution in [0, 0.1) is 23.7 Å². The van der Waals surface area contributed by atoms with E-state index < -0.39 is 0 Å². The van der Waals surface area contributed by atoms with Crippen LogP contribution < -0.4 is 4.90 Å². The van der Waals surface area contributed by atoms with E-state index in [9.17, 15) is 0 Å². The second kappa shape index (κ2) is 12.0. The molecule has 0 unspecified atom stereocenters. The molecule has 55 heavy (non-hydrogen) atoms. The molecular formula is C54H43N. The third-order valence-corrected chi connectivity index (χ3v) is 14.2. The van der Waals surface area contributed by atoms with Gasteiger partial charge in [-0.15, -0.1) is 0 Å². The first kappa shape index (κ1) is 31.4. The van der Waals surface area contributed by atoms with Crippen LogP contribution in [0.25, 0.3) is 54.9 Å². The lowest BCUT2D eigenvalue weighted by atomic mass is 9.43. The van der Waals surface area contributed by atoms with E-state index in [1.807, 2.05) is 0 Å². The summed E-state index contributed by atoms with van der Waals surface area (Å²) in [6, 6.07) is 66.1. The summed E-state index contributed by atoms with van der Waals surface area (Å²) in [5.41, 5.74) is 14.9. The monoisotopic (exact) mass is 705 g/mol. The van der Waals surface area contributed by atoms with Gasteiger partial charge in [-0.1, -0.05) is 133 Å². The lowest BCUT2D eigenvalue weighted by molar-refractivity contribution is -0.0399. The molecule has 4 bridgehead atoms. The number of hydrogen-bond acceptors (Lipinski definition) is 1. The molecule has 5 aliphatic rings. The fourth-order valence-electron chi connectivity index (χ4n) is 12.1. The van der Waals surface area contributed by atoms with Crippen molar-refractivity contribution in [3.05, 3.63) is 187 Å². The first-order valence-corrected chi connectivity index (χ1v) is 20.4. The van der Waals surface area contributed by atoms with E-state index in [-0.39, 0.29) is 5.41 Å². The Hall–Kier alpha value is -5.92. The van der Waals surface area contributed by atoms with Crippen molar-refractivity contribution >= 4 is 38.6 Å². The van der Waals surface area contributed by atoms with Crippen molar-refractivity contribution in [1.82, 2.24) is 0 Å². The largest absolute Gasteiger partial charge is 0.310 e. The van der Waals surface area contributed by atoms with E-state index >= 15 is 0 Å². The Morgan fingerprint density at radius 2 is 0.927 bits per heavy atom. The quantitative estimate of drug-likeness (QED) is 0.172. The van der Waals surface area contributed by atoms with Gasteiger partial charge in [-0.3, -0.25) is 0 Å². The first-order valence-electron chi connectivity index (χ1n) is 20.4. The maximum absolute atomic E-state index is 2.54. The van der Waals surface area contributed by atoms with Crippen LogP contribution in [0.15, 0.2) is 176 Å².